The summed E-state index contributed by atoms with van der Waals surface area (Å²) >= 11 is 0. The summed E-state index contributed by atoms with van der Waals surface area (Å²) in [5.74, 6) is -1.23. The number of H-pyrrole nitrogens is 1. The van der Waals surface area contributed by atoms with Crippen LogP contribution in [0.5, 0.6) is 0 Å². The molecule has 0 spiro atoms. The smallest absolute Gasteiger partial charge is 0.355 e. The fourth-order valence-corrected chi connectivity index (χ4v) is 1.78. The molecule has 1 heterocycles. The predicted octanol–water partition coefficient (Wildman–Crippen LogP) is 2.15. The Balaban J connectivity index is 2.77. The molecule has 0 saturated carbocycles. The van der Waals surface area contributed by atoms with Crippen LogP contribution in [0.25, 0.3) is 10.9 Å². The average molecular weight is 249 g/mol. The molecule has 0 aliphatic carbocycles. The number of pyridine rings is 1. The van der Waals surface area contributed by atoms with E-state index in [1.165, 1.54) is 25.1 Å². The summed E-state index contributed by atoms with van der Waals surface area (Å²) < 4.78 is 18.4. The Bertz CT molecular complexity index is 676. The van der Waals surface area contributed by atoms with Crippen LogP contribution in [0.4, 0.5) is 4.39 Å². The quantitative estimate of drug-likeness (QED) is 0.829. The number of esters is 1. The van der Waals surface area contributed by atoms with Gasteiger partial charge in [0.2, 0.25) is 0 Å². The van der Waals surface area contributed by atoms with Crippen molar-refractivity contribution in [3.05, 3.63) is 45.5 Å². The molecule has 0 radical (unpaired) electrons. The highest BCUT2D eigenvalue weighted by atomic mass is 19.1. The van der Waals surface area contributed by atoms with Gasteiger partial charge in [-0.15, -0.1) is 0 Å². The van der Waals surface area contributed by atoms with Gasteiger partial charge in [0, 0.05) is 10.9 Å². The highest BCUT2D eigenvalue weighted by Crippen LogP contribution is 2.15. The van der Waals surface area contributed by atoms with Crippen LogP contribution < -0.4 is 5.43 Å². The minimum atomic E-state index is -0.655. The number of carbonyl (C=O) groups is 1. The van der Waals surface area contributed by atoms with E-state index in [4.69, 9.17) is 4.74 Å². The summed E-state index contributed by atoms with van der Waals surface area (Å²) in [6.07, 6.45) is 0. The second-order valence-electron chi connectivity index (χ2n) is 3.84. The van der Waals surface area contributed by atoms with Crippen LogP contribution in [0.15, 0.2) is 23.0 Å². The van der Waals surface area contributed by atoms with Crippen LogP contribution in [0, 0.1) is 12.7 Å². The van der Waals surface area contributed by atoms with Crippen molar-refractivity contribution in [2.75, 3.05) is 6.61 Å². The number of halogens is 1. The normalized spacial score (nSPS) is 10.6. The van der Waals surface area contributed by atoms with E-state index in [0.717, 1.165) is 0 Å². The summed E-state index contributed by atoms with van der Waals surface area (Å²) in [6.45, 7) is 3.36. The molecule has 1 aromatic carbocycles. The van der Waals surface area contributed by atoms with Crippen LogP contribution in [0.2, 0.25) is 0 Å². The van der Waals surface area contributed by atoms with Crippen molar-refractivity contribution in [2.24, 2.45) is 0 Å². The van der Waals surface area contributed by atoms with Crippen molar-refractivity contribution in [1.82, 2.24) is 4.98 Å². The number of nitrogens with one attached hydrogen (secondary N) is 1. The first-order valence-corrected chi connectivity index (χ1v) is 5.54. The molecule has 0 bridgehead atoms. The van der Waals surface area contributed by atoms with Crippen LogP contribution >= 0.6 is 0 Å². The van der Waals surface area contributed by atoms with E-state index in [1.54, 1.807) is 6.92 Å². The third-order valence-corrected chi connectivity index (χ3v) is 2.70. The van der Waals surface area contributed by atoms with E-state index >= 15 is 0 Å². The van der Waals surface area contributed by atoms with Gasteiger partial charge in [-0.2, -0.15) is 0 Å². The third-order valence-electron chi connectivity index (χ3n) is 2.70. The van der Waals surface area contributed by atoms with Gasteiger partial charge in [0.05, 0.1) is 12.1 Å². The molecule has 2 aromatic rings. The Labute approximate surface area is 102 Å². The number of ether oxygens (including phenoxy) is 1. The van der Waals surface area contributed by atoms with Crippen molar-refractivity contribution in [2.45, 2.75) is 13.8 Å². The van der Waals surface area contributed by atoms with Gasteiger partial charge in [0.25, 0.3) is 0 Å². The van der Waals surface area contributed by atoms with E-state index in [0.29, 0.717) is 0 Å². The van der Waals surface area contributed by atoms with Crippen LogP contribution in [0.3, 0.4) is 0 Å². The Morgan fingerprint density at radius 2 is 2.17 bits per heavy atom. The van der Waals surface area contributed by atoms with Crippen molar-refractivity contribution >= 4 is 16.9 Å². The monoisotopic (exact) mass is 249 g/mol. The molecule has 5 heteroatoms. The maximum Gasteiger partial charge on any atom is 0.355 e. The van der Waals surface area contributed by atoms with E-state index < -0.39 is 11.8 Å². The third kappa shape index (κ3) is 1.88. The largest absolute Gasteiger partial charge is 0.461 e. The molecule has 0 amide bonds. The van der Waals surface area contributed by atoms with Crippen molar-refractivity contribution in [3.63, 3.8) is 0 Å². The number of carbonyl (C=O) groups excluding carboxylic acids is 1. The molecule has 0 unspecified atom stereocenters. The van der Waals surface area contributed by atoms with E-state index in [-0.39, 0.29) is 34.2 Å². The van der Waals surface area contributed by atoms with Crippen LogP contribution in [0.1, 0.15) is 23.0 Å². The number of hydrogen-bond donors (Lipinski definition) is 1. The van der Waals surface area contributed by atoms with Gasteiger partial charge in [0.15, 0.2) is 5.43 Å². The average Bonchev–Trinajstić information content (AvgIpc) is 2.34. The SMILES string of the molecule is CCOC(=O)c1[nH]c2c(F)cccc2c(=O)c1C. The molecule has 0 aliphatic heterocycles. The lowest BCUT2D eigenvalue weighted by atomic mass is 10.1. The second kappa shape index (κ2) is 4.60. The zero-order valence-corrected chi connectivity index (χ0v) is 10.0. The van der Waals surface area contributed by atoms with Crippen molar-refractivity contribution in [1.29, 1.82) is 0 Å². The molecule has 0 aliphatic rings. The Kier molecular flexibility index (Phi) is 3.14. The fraction of sp³-hybridized carbons (Fsp3) is 0.231. The van der Waals surface area contributed by atoms with Crippen molar-refractivity contribution in [3.8, 4) is 0 Å². The molecule has 1 N–H and O–H groups in total. The topological polar surface area (TPSA) is 59.2 Å². The first-order chi connectivity index (χ1) is 8.56. The van der Waals surface area contributed by atoms with Gasteiger partial charge in [-0.05, 0) is 26.0 Å². The molecule has 94 valence electrons. The van der Waals surface area contributed by atoms with E-state index in [1.807, 2.05) is 0 Å². The molecule has 0 saturated heterocycles. The molecule has 0 atom stereocenters. The summed E-state index contributed by atoms with van der Waals surface area (Å²) in [5.41, 5.74) is -0.117. The van der Waals surface area contributed by atoms with Gasteiger partial charge in [0.1, 0.15) is 11.5 Å². The Morgan fingerprint density at radius 3 is 2.83 bits per heavy atom. The van der Waals surface area contributed by atoms with Gasteiger partial charge in [-0.25, -0.2) is 9.18 Å². The number of hydrogen-bond acceptors (Lipinski definition) is 3. The highest BCUT2D eigenvalue weighted by molar-refractivity contribution is 5.92. The molecule has 0 fully saturated rings. The predicted molar refractivity (Wildman–Crippen MR) is 65.2 cm³/mol. The molecule has 4 nitrogen and oxygen atoms in total. The van der Waals surface area contributed by atoms with Gasteiger partial charge in [-0.3, -0.25) is 4.79 Å². The van der Waals surface area contributed by atoms with Gasteiger partial charge >= 0.3 is 5.97 Å². The summed E-state index contributed by atoms with van der Waals surface area (Å²) in [4.78, 5) is 26.3. The molecule has 18 heavy (non-hydrogen) atoms. The molecular formula is C13H12FNO3. The van der Waals surface area contributed by atoms with Gasteiger partial charge in [-0.1, -0.05) is 6.07 Å². The number of aromatic nitrogens is 1. The molecular weight excluding hydrogens is 237 g/mol. The lowest BCUT2D eigenvalue weighted by molar-refractivity contribution is 0.0519. The van der Waals surface area contributed by atoms with Crippen LogP contribution in [-0.2, 0) is 4.74 Å². The van der Waals surface area contributed by atoms with E-state index in [9.17, 15) is 14.0 Å². The lowest BCUT2D eigenvalue weighted by Gasteiger charge is -2.07. The summed E-state index contributed by atoms with van der Waals surface area (Å²) in [6, 6.07) is 4.19. The first-order valence-electron chi connectivity index (χ1n) is 5.54. The van der Waals surface area contributed by atoms with E-state index in [2.05, 4.69) is 4.98 Å². The number of fused-ring (bicyclic) bond motifs is 1. The Morgan fingerprint density at radius 1 is 1.44 bits per heavy atom. The van der Waals surface area contributed by atoms with Gasteiger partial charge < -0.3 is 9.72 Å². The lowest BCUT2D eigenvalue weighted by Crippen LogP contribution is -2.18. The minimum Gasteiger partial charge on any atom is -0.461 e. The summed E-state index contributed by atoms with van der Waals surface area (Å²) in [7, 11) is 0. The van der Waals surface area contributed by atoms with Crippen molar-refractivity contribution < 1.29 is 13.9 Å². The first kappa shape index (κ1) is 12.3. The fourth-order valence-electron chi connectivity index (χ4n) is 1.78. The maximum atomic E-state index is 13.6. The zero-order valence-electron chi connectivity index (χ0n) is 10.0. The highest BCUT2D eigenvalue weighted by Gasteiger charge is 2.17. The number of rotatable bonds is 2. The maximum absolute atomic E-state index is 13.6. The zero-order chi connectivity index (χ0) is 13.3. The number of benzene rings is 1. The Hall–Kier alpha value is -2.17. The standard InChI is InChI=1S/C13H12FNO3/c1-3-18-13(17)10-7(2)12(16)8-5-4-6-9(14)11(8)15-10/h4-6H,3H2,1-2H3,(H,15,16). The molecule has 1 aromatic heterocycles. The summed E-state index contributed by atoms with van der Waals surface area (Å²) in [5, 5.41) is 0.223. The number of aromatic amines is 1. The molecule has 2 rings (SSSR count). The second-order valence-corrected chi connectivity index (χ2v) is 3.84. The number of para-hydroxylation sites is 1. The minimum absolute atomic E-state index is 0.000509. The van der Waals surface area contributed by atoms with Crippen LogP contribution in [-0.4, -0.2) is 17.6 Å².